The summed E-state index contributed by atoms with van der Waals surface area (Å²) in [6, 6.07) is 7.18. The lowest BCUT2D eigenvalue weighted by Crippen LogP contribution is -2.26. The fourth-order valence-electron chi connectivity index (χ4n) is 1.60. The summed E-state index contributed by atoms with van der Waals surface area (Å²) >= 11 is 4.97. The highest BCUT2D eigenvalue weighted by Crippen LogP contribution is 2.21. The SMILES string of the molecule is CC(NC(=O)c1cc(N)ccc1Br)c1ccsc1. The van der Waals surface area contributed by atoms with Crippen LogP contribution in [0.25, 0.3) is 0 Å². The average molecular weight is 325 g/mol. The van der Waals surface area contributed by atoms with Gasteiger partial charge in [-0.3, -0.25) is 4.79 Å². The number of halogens is 1. The molecule has 0 radical (unpaired) electrons. The fourth-order valence-corrected chi connectivity index (χ4v) is 2.78. The van der Waals surface area contributed by atoms with Crippen LogP contribution in [0.1, 0.15) is 28.9 Å². The van der Waals surface area contributed by atoms with E-state index in [1.807, 2.05) is 23.8 Å². The van der Waals surface area contributed by atoms with Crippen LogP contribution in [-0.4, -0.2) is 5.91 Å². The highest BCUT2D eigenvalue weighted by molar-refractivity contribution is 9.10. The minimum atomic E-state index is -0.132. The molecule has 0 saturated carbocycles. The lowest BCUT2D eigenvalue weighted by molar-refractivity contribution is 0.0939. The number of nitrogen functional groups attached to an aromatic ring is 1. The third-order valence-corrected chi connectivity index (χ3v) is 4.02. The van der Waals surface area contributed by atoms with Gasteiger partial charge in [-0.05, 0) is 63.4 Å². The monoisotopic (exact) mass is 324 g/mol. The molecule has 18 heavy (non-hydrogen) atoms. The Balaban J connectivity index is 2.15. The first kappa shape index (κ1) is 13.1. The highest BCUT2D eigenvalue weighted by Gasteiger charge is 2.14. The van der Waals surface area contributed by atoms with Crippen molar-refractivity contribution in [1.29, 1.82) is 0 Å². The predicted molar refractivity (Wildman–Crippen MR) is 78.8 cm³/mol. The van der Waals surface area contributed by atoms with E-state index in [-0.39, 0.29) is 11.9 Å². The van der Waals surface area contributed by atoms with Crippen LogP contribution in [0.5, 0.6) is 0 Å². The second-order valence-corrected chi connectivity index (χ2v) is 5.63. The van der Waals surface area contributed by atoms with Crippen LogP contribution in [0.4, 0.5) is 5.69 Å². The summed E-state index contributed by atoms with van der Waals surface area (Å²) in [6.45, 7) is 1.96. The first-order valence-electron chi connectivity index (χ1n) is 5.46. The molecule has 1 amide bonds. The number of thiophene rings is 1. The number of hydrogen-bond acceptors (Lipinski definition) is 3. The summed E-state index contributed by atoms with van der Waals surface area (Å²) in [4.78, 5) is 12.1. The van der Waals surface area contributed by atoms with Crippen molar-refractivity contribution in [3.8, 4) is 0 Å². The zero-order valence-corrected chi connectivity index (χ0v) is 12.2. The quantitative estimate of drug-likeness (QED) is 0.848. The van der Waals surface area contributed by atoms with E-state index in [2.05, 4.69) is 21.2 Å². The molecule has 0 spiro atoms. The van der Waals surface area contributed by atoms with Gasteiger partial charge in [-0.1, -0.05) is 0 Å². The molecule has 2 aromatic rings. The Morgan fingerprint density at radius 3 is 2.89 bits per heavy atom. The van der Waals surface area contributed by atoms with Crippen molar-refractivity contribution < 1.29 is 4.79 Å². The van der Waals surface area contributed by atoms with Crippen molar-refractivity contribution in [2.24, 2.45) is 0 Å². The summed E-state index contributed by atoms with van der Waals surface area (Å²) in [5.74, 6) is -0.132. The van der Waals surface area contributed by atoms with Crippen molar-refractivity contribution in [3.05, 3.63) is 50.6 Å². The number of anilines is 1. The van der Waals surface area contributed by atoms with E-state index in [1.165, 1.54) is 0 Å². The minimum absolute atomic E-state index is 0.0166. The van der Waals surface area contributed by atoms with Crippen LogP contribution in [-0.2, 0) is 0 Å². The van der Waals surface area contributed by atoms with Gasteiger partial charge in [-0.15, -0.1) is 0 Å². The van der Waals surface area contributed by atoms with Crippen LogP contribution in [0.15, 0.2) is 39.5 Å². The Kier molecular flexibility index (Phi) is 4.04. The molecule has 0 aliphatic carbocycles. The molecule has 1 unspecified atom stereocenters. The molecule has 0 saturated heterocycles. The molecule has 0 aliphatic rings. The van der Waals surface area contributed by atoms with Crippen LogP contribution in [0, 0.1) is 0 Å². The number of amides is 1. The minimum Gasteiger partial charge on any atom is -0.399 e. The van der Waals surface area contributed by atoms with Gasteiger partial charge in [-0.25, -0.2) is 0 Å². The first-order chi connectivity index (χ1) is 8.58. The fraction of sp³-hybridized carbons (Fsp3) is 0.154. The average Bonchev–Trinajstić information content (AvgIpc) is 2.85. The second kappa shape index (κ2) is 5.54. The molecule has 1 heterocycles. The lowest BCUT2D eigenvalue weighted by atomic mass is 10.1. The maximum atomic E-state index is 12.1. The molecular weight excluding hydrogens is 312 g/mol. The molecule has 94 valence electrons. The Hall–Kier alpha value is -1.33. The van der Waals surface area contributed by atoms with Crippen LogP contribution < -0.4 is 11.1 Å². The third kappa shape index (κ3) is 2.91. The van der Waals surface area contributed by atoms with E-state index >= 15 is 0 Å². The van der Waals surface area contributed by atoms with Crippen LogP contribution in [0.3, 0.4) is 0 Å². The molecule has 5 heteroatoms. The van der Waals surface area contributed by atoms with Gasteiger partial charge in [0.25, 0.3) is 5.91 Å². The van der Waals surface area contributed by atoms with Crippen LogP contribution >= 0.6 is 27.3 Å². The van der Waals surface area contributed by atoms with Gasteiger partial charge in [-0.2, -0.15) is 11.3 Å². The number of carbonyl (C=O) groups excluding carboxylic acids is 1. The second-order valence-electron chi connectivity index (χ2n) is 3.99. The molecule has 2 rings (SSSR count). The summed E-state index contributed by atoms with van der Waals surface area (Å²) < 4.78 is 0.742. The Morgan fingerprint density at radius 2 is 2.22 bits per heavy atom. The van der Waals surface area contributed by atoms with Crippen molar-refractivity contribution in [2.75, 3.05) is 5.73 Å². The largest absolute Gasteiger partial charge is 0.399 e. The molecule has 3 nitrogen and oxygen atoms in total. The summed E-state index contributed by atoms with van der Waals surface area (Å²) in [7, 11) is 0. The number of nitrogens with one attached hydrogen (secondary N) is 1. The van der Waals surface area contributed by atoms with E-state index < -0.39 is 0 Å². The number of hydrogen-bond donors (Lipinski definition) is 2. The highest BCUT2D eigenvalue weighted by atomic mass is 79.9. The van der Waals surface area contributed by atoms with Gasteiger partial charge < -0.3 is 11.1 Å². The number of nitrogens with two attached hydrogens (primary N) is 1. The standard InChI is InChI=1S/C13H13BrN2OS/c1-8(9-4-5-18-7-9)16-13(17)11-6-10(15)2-3-12(11)14/h2-8H,15H2,1H3,(H,16,17). The summed E-state index contributed by atoms with van der Waals surface area (Å²) in [5.41, 5.74) is 7.92. The molecule has 1 aromatic heterocycles. The lowest BCUT2D eigenvalue weighted by Gasteiger charge is -2.13. The van der Waals surface area contributed by atoms with E-state index in [9.17, 15) is 4.79 Å². The summed E-state index contributed by atoms with van der Waals surface area (Å²) in [6.07, 6.45) is 0. The van der Waals surface area contributed by atoms with Gasteiger partial charge in [0.2, 0.25) is 0 Å². The molecule has 1 atom stereocenters. The molecule has 1 aromatic carbocycles. The van der Waals surface area contributed by atoms with Gasteiger partial charge in [0, 0.05) is 10.2 Å². The molecular formula is C13H13BrN2OS. The molecule has 0 bridgehead atoms. The van der Waals surface area contributed by atoms with E-state index in [1.54, 1.807) is 29.5 Å². The van der Waals surface area contributed by atoms with Crippen molar-refractivity contribution >= 4 is 38.9 Å². The van der Waals surface area contributed by atoms with Gasteiger partial charge in [0.1, 0.15) is 0 Å². The summed E-state index contributed by atoms with van der Waals surface area (Å²) in [5, 5.41) is 6.97. The normalized spacial score (nSPS) is 12.1. The smallest absolute Gasteiger partial charge is 0.252 e. The first-order valence-corrected chi connectivity index (χ1v) is 7.19. The molecule has 3 N–H and O–H groups in total. The predicted octanol–water partition coefficient (Wildman–Crippen LogP) is 3.58. The Morgan fingerprint density at radius 1 is 1.44 bits per heavy atom. The Labute approximate surface area is 118 Å². The third-order valence-electron chi connectivity index (χ3n) is 2.63. The number of carbonyl (C=O) groups is 1. The Bertz CT molecular complexity index is 554. The van der Waals surface area contributed by atoms with Crippen molar-refractivity contribution in [3.63, 3.8) is 0 Å². The molecule has 0 fully saturated rings. The van der Waals surface area contributed by atoms with Gasteiger partial charge in [0.15, 0.2) is 0 Å². The zero-order chi connectivity index (χ0) is 13.1. The van der Waals surface area contributed by atoms with Crippen molar-refractivity contribution in [2.45, 2.75) is 13.0 Å². The van der Waals surface area contributed by atoms with E-state index in [4.69, 9.17) is 5.73 Å². The van der Waals surface area contributed by atoms with Crippen molar-refractivity contribution in [1.82, 2.24) is 5.32 Å². The number of benzene rings is 1. The maximum Gasteiger partial charge on any atom is 0.252 e. The van der Waals surface area contributed by atoms with E-state index in [0.29, 0.717) is 11.3 Å². The topological polar surface area (TPSA) is 55.1 Å². The maximum absolute atomic E-state index is 12.1. The van der Waals surface area contributed by atoms with Gasteiger partial charge in [0.05, 0.1) is 11.6 Å². The molecule has 0 aliphatic heterocycles. The van der Waals surface area contributed by atoms with E-state index in [0.717, 1.165) is 10.0 Å². The van der Waals surface area contributed by atoms with Gasteiger partial charge >= 0.3 is 0 Å². The number of rotatable bonds is 3. The van der Waals surface area contributed by atoms with Crippen LogP contribution in [0.2, 0.25) is 0 Å². The zero-order valence-electron chi connectivity index (χ0n) is 9.81.